The summed E-state index contributed by atoms with van der Waals surface area (Å²) in [4.78, 5) is 19.9. The van der Waals surface area contributed by atoms with Gasteiger partial charge in [0, 0.05) is 11.1 Å². The van der Waals surface area contributed by atoms with Crippen molar-refractivity contribution in [2.45, 2.75) is 39.6 Å². The van der Waals surface area contributed by atoms with E-state index in [0.717, 1.165) is 11.8 Å². The Morgan fingerprint density at radius 3 is 1.59 bits per heavy atom. The quantitative estimate of drug-likeness (QED) is 0.319. The minimum absolute atomic E-state index is 0.128. The van der Waals surface area contributed by atoms with E-state index in [-0.39, 0.29) is 11.1 Å². The lowest BCUT2D eigenvalue weighted by molar-refractivity contribution is -0.226. The molecular weight excluding hydrogens is 288 g/mol. The maximum absolute atomic E-state index is 10.3. The Morgan fingerprint density at radius 1 is 1.09 bits per heavy atom. The Kier molecular flexibility index (Phi) is 9.05. The molecule has 2 rings (SSSR count). The van der Waals surface area contributed by atoms with Gasteiger partial charge < -0.3 is 20.1 Å². The van der Waals surface area contributed by atoms with Crippen LogP contribution in [0.4, 0.5) is 0 Å². The lowest BCUT2D eigenvalue weighted by atomic mass is 10.1. The second kappa shape index (κ2) is 9.92. The fraction of sp³-hybridized carbons (Fsp3) is 0.500. The number of hydrogen-bond donors (Lipinski definition) is 3. The van der Waals surface area contributed by atoms with Crippen molar-refractivity contribution in [3.63, 3.8) is 0 Å². The summed E-state index contributed by atoms with van der Waals surface area (Å²) in [5.41, 5.74) is 0.304. The van der Waals surface area contributed by atoms with Gasteiger partial charge in [-0.25, -0.2) is 9.59 Å². The largest absolute Gasteiger partial charge is 0.478 e. The van der Waals surface area contributed by atoms with Gasteiger partial charge in [0.1, 0.15) is 0 Å². The molecule has 0 radical (unpaired) electrons. The highest BCUT2D eigenvalue weighted by Gasteiger charge is 2.25. The number of ether oxygens (including phenoxy) is 1. The smallest absolute Gasteiger partial charge is 0.337 e. The Labute approximate surface area is 130 Å². The number of allylic oxidation sites excluding steroid dienone is 2. The highest BCUT2D eigenvalue weighted by molar-refractivity contribution is 5.86. The molecule has 3 N–H and O–H groups in total. The molecule has 1 saturated carbocycles. The van der Waals surface area contributed by atoms with Crippen LogP contribution in [-0.4, -0.2) is 33.7 Å². The number of aliphatic carboxylic acids is 1. The fourth-order valence-corrected chi connectivity index (χ4v) is 1.91. The molecule has 0 saturated heterocycles. The summed E-state index contributed by atoms with van der Waals surface area (Å²) >= 11 is 0. The number of fused-ring (bicyclic) bond motifs is 2. The predicted molar refractivity (Wildman–Crippen MR) is 81.6 cm³/mol. The molecular formula is C16H24O6. The van der Waals surface area contributed by atoms with Crippen LogP contribution in [-0.2, 0) is 14.3 Å². The van der Waals surface area contributed by atoms with Gasteiger partial charge in [-0.15, -0.1) is 0 Å². The second-order valence-corrected chi connectivity index (χ2v) is 5.32. The van der Waals surface area contributed by atoms with Gasteiger partial charge in [0.15, 0.2) is 0 Å². The maximum atomic E-state index is 10.3. The zero-order valence-electron chi connectivity index (χ0n) is 13.0. The first kappa shape index (κ1) is 20.1. The van der Waals surface area contributed by atoms with E-state index in [0.29, 0.717) is 0 Å². The van der Waals surface area contributed by atoms with Gasteiger partial charge in [0.2, 0.25) is 0 Å². The zero-order chi connectivity index (χ0) is 17.3. The Bertz CT molecular complexity index is 426. The normalized spacial score (nSPS) is 20.4. The fourth-order valence-electron chi connectivity index (χ4n) is 1.91. The summed E-state index contributed by atoms with van der Waals surface area (Å²) < 4.78 is 3.88. The van der Waals surface area contributed by atoms with Crippen LogP contribution in [0.1, 0.15) is 33.1 Å². The Morgan fingerprint density at radius 2 is 1.50 bits per heavy atom. The van der Waals surface area contributed by atoms with E-state index in [2.05, 4.69) is 30.0 Å². The molecule has 0 heterocycles. The molecule has 6 heteroatoms. The standard InChI is InChI=1S/C7H10.C5H8O4.C4H6O2/c1-2-7-4-3-6(1)5-7;1-3(2)4(6)9-5(7)8;1-3(2)4(5)6/h1-2,6-7H,3-5H2;5,7-8H,1H2,2H3;1H2,2H3,(H,5,6). The Balaban J connectivity index is 0.000000307. The van der Waals surface area contributed by atoms with E-state index in [1.807, 2.05) is 0 Å². The maximum Gasteiger partial charge on any atom is 0.337 e. The van der Waals surface area contributed by atoms with Crippen LogP contribution in [0.2, 0.25) is 0 Å². The van der Waals surface area contributed by atoms with Crippen LogP contribution in [0.3, 0.4) is 0 Å². The van der Waals surface area contributed by atoms with Crippen molar-refractivity contribution in [2.24, 2.45) is 11.8 Å². The van der Waals surface area contributed by atoms with Gasteiger partial charge >= 0.3 is 18.4 Å². The second-order valence-electron chi connectivity index (χ2n) is 5.32. The number of carbonyl (C=O) groups excluding carboxylic acids is 1. The molecule has 2 unspecified atom stereocenters. The highest BCUT2D eigenvalue weighted by Crippen LogP contribution is 2.38. The molecule has 124 valence electrons. The lowest BCUT2D eigenvalue weighted by Crippen LogP contribution is -2.16. The predicted octanol–water partition coefficient (Wildman–Crippen LogP) is 1.99. The summed E-state index contributed by atoms with van der Waals surface area (Å²) in [6.45, 7) is 7.17. The van der Waals surface area contributed by atoms with Crippen molar-refractivity contribution in [3.8, 4) is 0 Å². The highest BCUT2D eigenvalue weighted by atomic mass is 16.7. The number of aliphatic hydroxyl groups is 2. The topological polar surface area (TPSA) is 104 Å². The van der Waals surface area contributed by atoms with Crippen LogP contribution in [0, 0.1) is 11.8 Å². The summed E-state index contributed by atoms with van der Waals surface area (Å²) in [5.74, 6) is 0.231. The minimum atomic E-state index is -2.05. The van der Waals surface area contributed by atoms with Gasteiger partial charge in [0.05, 0.1) is 0 Å². The number of esters is 1. The molecule has 0 aliphatic heterocycles. The van der Waals surface area contributed by atoms with E-state index >= 15 is 0 Å². The van der Waals surface area contributed by atoms with Gasteiger partial charge in [-0.3, -0.25) is 0 Å². The third-order valence-corrected chi connectivity index (χ3v) is 3.10. The van der Waals surface area contributed by atoms with E-state index in [4.69, 9.17) is 15.3 Å². The van der Waals surface area contributed by atoms with Crippen molar-refractivity contribution in [1.29, 1.82) is 0 Å². The summed E-state index contributed by atoms with van der Waals surface area (Å²) in [6.07, 6.45) is 9.19. The van der Waals surface area contributed by atoms with E-state index < -0.39 is 18.4 Å². The molecule has 0 aromatic heterocycles. The van der Waals surface area contributed by atoms with Crippen LogP contribution < -0.4 is 0 Å². The molecule has 2 aliphatic carbocycles. The van der Waals surface area contributed by atoms with Crippen molar-refractivity contribution in [3.05, 3.63) is 36.5 Å². The van der Waals surface area contributed by atoms with Crippen molar-refractivity contribution >= 4 is 11.9 Å². The average Bonchev–Trinajstić information content (AvgIpc) is 3.03. The Hall–Kier alpha value is -1.92. The molecule has 0 amide bonds. The molecule has 2 aliphatic rings. The number of rotatable bonds is 3. The molecule has 1 fully saturated rings. The summed E-state index contributed by atoms with van der Waals surface area (Å²) in [6, 6.07) is 0. The van der Waals surface area contributed by atoms with E-state index in [9.17, 15) is 9.59 Å². The number of carboxylic acid groups (broad SMARTS) is 1. The molecule has 0 spiro atoms. The van der Waals surface area contributed by atoms with Gasteiger partial charge in [-0.2, -0.15) is 0 Å². The van der Waals surface area contributed by atoms with Gasteiger partial charge in [-0.05, 0) is 44.9 Å². The third-order valence-electron chi connectivity index (χ3n) is 3.10. The van der Waals surface area contributed by atoms with Crippen LogP contribution >= 0.6 is 0 Å². The number of hydrogen-bond acceptors (Lipinski definition) is 5. The first-order valence-corrected chi connectivity index (χ1v) is 6.93. The molecule has 2 atom stereocenters. The van der Waals surface area contributed by atoms with Crippen molar-refractivity contribution in [1.82, 2.24) is 0 Å². The SMILES string of the molecule is C1=CC2CCC1C2.C=C(C)C(=O)O.C=C(C)C(=O)OC(O)O. The number of aliphatic hydroxyl groups excluding tert-OH is 1. The molecule has 0 aromatic carbocycles. The molecule has 0 aromatic rings. The molecule has 2 bridgehead atoms. The van der Waals surface area contributed by atoms with Crippen molar-refractivity contribution < 1.29 is 29.6 Å². The van der Waals surface area contributed by atoms with Crippen LogP contribution in [0.25, 0.3) is 0 Å². The first-order chi connectivity index (χ1) is 10.1. The van der Waals surface area contributed by atoms with Gasteiger partial charge in [0.25, 0.3) is 0 Å². The monoisotopic (exact) mass is 312 g/mol. The molecule has 6 nitrogen and oxygen atoms in total. The van der Waals surface area contributed by atoms with E-state index in [1.165, 1.54) is 33.1 Å². The summed E-state index contributed by atoms with van der Waals surface area (Å²) in [7, 11) is 0. The van der Waals surface area contributed by atoms with Crippen molar-refractivity contribution in [2.75, 3.05) is 0 Å². The van der Waals surface area contributed by atoms with Gasteiger partial charge in [-0.1, -0.05) is 25.3 Å². The number of carboxylic acids is 1. The zero-order valence-corrected chi connectivity index (χ0v) is 13.0. The average molecular weight is 312 g/mol. The lowest BCUT2D eigenvalue weighted by Gasteiger charge is -2.03. The van der Waals surface area contributed by atoms with E-state index in [1.54, 1.807) is 0 Å². The van der Waals surface area contributed by atoms with Crippen LogP contribution in [0.15, 0.2) is 36.5 Å². The first-order valence-electron chi connectivity index (χ1n) is 6.93. The minimum Gasteiger partial charge on any atom is -0.478 e. The molecule has 22 heavy (non-hydrogen) atoms. The number of carbonyl (C=O) groups is 2. The van der Waals surface area contributed by atoms with Crippen LogP contribution in [0.5, 0.6) is 0 Å². The third kappa shape index (κ3) is 9.10. The summed E-state index contributed by atoms with van der Waals surface area (Å²) in [5, 5.41) is 24.0.